The molecule has 0 aliphatic carbocycles. The summed E-state index contributed by atoms with van der Waals surface area (Å²) in [6.45, 7) is 8.53. The van der Waals surface area contributed by atoms with Crippen LogP contribution in [0.2, 0.25) is 0 Å². The topological polar surface area (TPSA) is 67.6 Å². The molecule has 0 atom stereocenters. The van der Waals surface area contributed by atoms with Crippen molar-refractivity contribution in [3.05, 3.63) is 0 Å². The summed E-state index contributed by atoms with van der Waals surface area (Å²) in [5.41, 5.74) is -0.271. The van der Waals surface area contributed by atoms with Crippen LogP contribution in [0.5, 0.6) is 0 Å². The zero-order valence-electron chi connectivity index (χ0n) is 11.4. The van der Waals surface area contributed by atoms with Gasteiger partial charge in [0.25, 0.3) is 0 Å². The van der Waals surface area contributed by atoms with E-state index in [9.17, 15) is 4.79 Å². The van der Waals surface area contributed by atoms with Gasteiger partial charge in [0.2, 0.25) is 0 Å². The van der Waals surface area contributed by atoms with E-state index in [0.717, 1.165) is 45.6 Å². The molecule has 0 unspecified atom stereocenters. The van der Waals surface area contributed by atoms with E-state index in [1.54, 1.807) is 0 Å². The molecule has 5 heteroatoms. The highest BCUT2D eigenvalue weighted by molar-refractivity contribution is 5.69. The Hall–Kier alpha value is -1.12. The summed E-state index contributed by atoms with van der Waals surface area (Å²) in [7, 11) is 0. The Kier molecular flexibility index (Phi) is 5.57. The minimum Gasteiger partial charge on any atom is -0.480 e. The molecule has 1 fully saturated rings. The Balaban J connectivity index is 2.34. The van der Waals surface area contributed by atoms with Crippen LogP contribution >= 0.6 is 0 Å². The third kappa shape index (κ3) is 5.48. The summed E-state index contributed by atoms with van der Waals surface area (Å²) < 4.78 is 0. The van der Waals surface area contributed by atoms with Crippen LogP contribution in [0, 0.1) is 16.7 Å². The molecule has 1 rings (SSSR count). The van der Waals surface area contributed by atoms with E-state index in [-0.39, 0.29) is 12.0 Å². The van der Waals surface area contributed by atoms with E-state index < -0.39 is 5.97 Å². The first kappa shape index (κ1) is 14.9. The monoisotopic (exact) mass is 253 g/mol. The molecule has 18 heavy (non-hydrogen) atoms. The van der Waals surface area contributed by atoms with E-state index in [1.165, 1.54) is 0 Å². The van der Waals surface area contributed by atoms with Crippen molar-refractivity contribution in [2.75, 3.05) is 39.3 Å². The molecule has 0 aromatic carbocycles. The number of nitriles is 1. The number of carbonyl (C=O) groups is 1. The summed E-state index contributed by atoms with van der Waals surface area (Å²) in [4.78, 5) is 15.0. The summed E-state index contributed by atoms with van der Waals surface area (Å²) in [5, 5.41) is 17.8. The Bertz CT molecular complexity index is 323. The maximum Gasteiger partial charge on any atom is 0.317 e. The fourth-order valence-electron chi connectivity index (χ4n) is 2.09. The SMILES string of the molecule is CC(C)(C#N)CCN1CCCN(CC(=O)O)CC1. The van der Waals surface area contributed by atoms with Crippen molar-refractivity contribution in [1.29, 1.82) is 5.26 Å². The average Bonchev–Trinajstić information content (AvgIpc) is 2.51. The van der Waals surface area contributed by atoms with Crippen LogP contribution in [0.1, 0.15) is 26.7 Å². The largest absolute Gasteiger partial charge is 0.480 e. The molecule has 0 spiro atoms. The molecule has 0 aromatic heterocycles. The van der Waals surface area contributed by atoms with Crippen LogP contribution in [0.3, 0.4) is 0 Å². The van der Waals surface area contributed by atoms with Gasteiger partial charge in [0.1, 0.15) is 0 Å². The molecule has 0 bridgehead atoms. The Morgan fingerprint density at radius 3 is 2.50 bits per heavy atom. The molecule has 0 aromatic rings. The summed E-state index contributed by atoms with van der Waals surface area (Å²) in [6, 6.07) is 2.32. The van der Waals surface area contributed by atoms with Gasteiger partial charge in [-0.3, -0.25) is 9.69 Å². The van der Waals surface area contributed by atoms with Crippen LogP contribution in [-0.2, 0) is 4.79 Å². The van der Waals surface area contributed by atoms with Crippen LogP contribution < -0.4 is 0 Å². The van der Waals surface area contributed by atoms with Gasteiger partial charge in [-0.15, -0.1) is 0 Å². The predicted octanol–water partition coefficient (Wildman–Crippen LogP) is 1.02. The second kappa shape index (κ2) is 6.72. The van der Waals surface area contributed by atoms with Crippen molar-refractivity contribution in [3.63, 3.8) is 0 Å². The number of aliphatic carboxylic acids is 1. The number of hydrogen-bond acceptors (Lipinski definition) is 4. The first-order valence-electron chi connectivity index (χ1n) is 6.51. The molecule has 1 saturated heterocycles. The molecule has 1 aliphatic rings. The highest BCUT2D eigenvalue weighted by Crippen LogP contribution is 2.19. The van der Waals surface area contributed by atoms with E-state index in [2.05, 4.69) is 11.0 Å². The number of rotatable bonds is 5. The number of carboxylic acids is 1. The second-order valence-electron chi connectivity index (χ2n) is 5.61. The Labute approximate surface area is 109 Å². The van der Waals surface area contributed by atoms with Crippen molar-refractivity contribution < 1.29 is 9.90 Å². The third-order valence-corrected chi connectivity index (χ3v) is 3.40. The fourth-order valence-corrected chi connectivity index (χ4v) is 2.09. The first-order chi connectivity index (χ1) is 8.43. The molecule has 0 amide bonds. The normalized spacial score (nSPS) is 19.2. The van der Waals surface area contributed by atoms with Gasteiger partial charge >= 0.3 is 5.97 Å². The first-order valence-corrected chi connectivity index (χ1v) is 6.51. The highest BCUT2D eigenvalue weighted by atomic mass is 16.4. The fraction of sp³-hybridized carbons (Fsp3) is 0.846. The van der Waals surface area contributed by atoms with Crippen molar-refractivity contribution in [2.45, 2.75) is 26.7 Å². The molecule has 102 valence electrons. The molecule has 0 saturated carbocycles. The zero-order chi connectivity index (χ0) is 13.6. The molecule has 1 heterocycles. The van der Waals surface area contributed by atoms with Crippen molar-refractivity contribution >= 4 is 5.97 Å². The van der Waals surface area contributed by atoms with E-state index >= 15 is 0 Å². The van der Waals surface area contributed by atoms with Crippen molar-refractivity contribution in [3.8, 4) is 6.07 Å². The van der Waals surface area contributed by atoms with Gasteiger partial charge in [-0.1, -0.05) is 0 Å². The van der Waals surface area contributed by atoms with Gasteiger partial charge in [0, 0.05) is 19.6 Å². The Morgan fingerprint density at radius 1 is 1.28 bits per heavy atom. The third-order valence-electron chi connectivity index (χ3n) is 3.40. The maximum atomic E-state index is 10.7. The van der Waals surface area contributed by atoms with Crippen molar-refractivity contribution in [1.82, 2.24) is 9.80 Å². The molecular formula is C13H23N3O2. The minimum atomic E-state index is -0.755. The standard InChI is InChI=1S/C13H23N3O2/c1-13(2,11-14)4-7-15-5-3-6-16(9-8-15)10-12(17)18/h3-10H2,1-2H3,(H,17,18). The molecule has 5 nitrogen and oxygen atoms in total. The van der Waals surface area contributed by atoms with Gasteiger partial charge < -0.3 is 10.0 Å². The maximum absolute atomic E-state index is 10.7. The molecule has 0 radical (unpaired) electrons. The molecule has 1 N–H and O–H groups in total. The predicted molar refractivity (Wildman–Crippen MR) is 69.1 cm³/mol. The minimum absolute atomic E-state index is 0.136. The van der Waals surface area contributed by atoms with Gasteiger partial charge in [-0.2, -0.15) is 5.26 Å². The summed E-state index contributed by atoms with van der Waals surface area (Å²) in [5.74, 6) is -0.755. The zero-order valence-corrected chi connectivity index (χ0v) is 11.4. The smallest absolute Gasteiger partial charge is 0.317 e. The summed E-state index contributed by atoms with van der Waals surface area (Å²) in [6.07, 6.45) is 1.86. The van der Waals surface area contributed by atoms with Gasteiger partial charge in [-0.25, -0.2) is 0 Å². The molecular weight excluding hydrogens is 230 g/mol. The lowest BCUT2D eigenvalue weighted by atomic mass is 9.91. The van der Waals surface area contributed by atoms with Gasteiger partial charge in [-0.05, 0) is 39.8 Å². The van der Waals surface area contributed by atoms with E-state index in [0.29, 0.717) is 0 Å². The van der Waals surface area contributed by atoms with Crippen LogP contribution in [0.15, 0.2) is 0 Å². The lowest BCUT2D eigenvalue weighted by Gasteiger charge is -2.24. The highest BCUT2D eigenvalue weighted by Gasteiger charge is 2.20. The number of carboxylic acid groups (broad SMARTS) is 1. The second-order valence-corrected chi connectivity index (χ2v) is 5.61. The van der Waals surface area contributed by atoms with E-state index in [1.807, 2.05) is 18.7 Å². The van der Waals surface area contributed by atoms with Crippen molar-refractivity contribution in [2.24, 2.45) is 5.41 Å². The summed E-state index contributed by atoms with van der Waals surface area (Å²) >= 11 is 0. The number of nitrogens with zero attached hydrogens (tertiary/aromatic N) is 3. The Morgan fingerprint density at radius 2 is 1.89 bits per heavy atom. The average molecular weight is 253 g/mol. The van der Waals surface area contributed by atoms with Crippen LogP contribution in [-0.4, -0.2) is 60.1 Å². The molecule has 1 aliphatic heterocycles. The quantitative estimate of drug-likeness (QED) is 0.792. The number of hydrogen-bond donors (Lipinski definition) is 1. The van der Waals surface area contributed by atoms with Gasteiger partial charge in [0.05, 0.1) is 18.0 Å². The van der Waals surface area contributed by atoms with Crippen LogP contribution in [0.4, 0.5) is 0 Å². The van der Waals surface area contributed by atoms with E-state index in [4.69, 9.17) is 10.4 Å². The van der Waals surface area contributed by atoms with Gasteiger partial charge in [0.15, 0.2) is 0 Å². The lowest BCUT2D eigenvalue weighted by Crippen LogP contribution is -2.35. The van der Waals surface area contributed by atoms with Crippen LogP contribution in [0.25, 0.3) is 0 Å². The lowest BCUT2D eigenvalue weighted by molar-refractivity contribution is -0.138.